The molecule has 1 fully saturated rings. The van der Waals surface area contributed by atoms with Crippen LogP contribution in [-0.2, 0) is 21.2 Å². The molecule has 4 aromatic rings. The predicted molar refractivity (Wildman–Crippen MR) is 126 cm³/mol. The van der Waals surface area contributed by atoms with Crippen LogP contribution in [0, 0.1) is 5.82 Å². The predicted octanol–water partition coefficient (Wildman–Crippen LogP) is 4.61. The van der Waals surface area contributed by atoms with Crippen molar-refractivity contribution in [1.29, 1.82) is 0 Å². The number of ether oxygens (including phenoxy) is 1. The number of imidazole rings is 1. The van der Waals surface area contributed by atoms with Crippen molar-refractivity contribution in [3.63, 3.8) is 0 Å². The van der Waals surface area contributed by atoms with Gasteiger partial charge in [0.1, 0.15) is 5.82 Å². The summed E-state index contributed by atoms with van der Waals surface area (Å²) in [6.45, 7) is 1.23. The third-order valence-electron chi connectivity index (χ3n) is 5.85. The third kappa shape index (κ3) is 4.72. The van der Waals surface area contributed by atoms with E-state index < -0.39 is 15.8 Å². The van der Waals surface area contributed by atoms with Gasteiger partial charge in [0.05, 0.1) is 16.7 Å². The van der Waals surface area contributed by atoms with Gasteiger partial charge in [-0.05, 0) is 37.1 Å². The van der Waals surface area contributed by atoms with Crippen molar-refractivity contribution < 1.29 is 17.5 Å². The van der Waals surface area contributed by atoms with E-state index in [0.29, 0.717) is 19.6 Å². The Bertz CT molecular complexity index is 1330. The van der Waals surface area contributed by atoms with E-state index in [1.54, 1.807) is 0 Å². The second-order valence-corrected chi connectivity index (χ2v) is 10.8. The van der Waals surface area contributed by atoms with Gasteiger partial charge < -0.3 is 4.74 Å². The van der Waals surface area contributed by atoms with Gasteiger partial charge in [-0.1, -0.05) is 30.3 Å². The maximum Gasteiger partial charge on any atom is 0.243 e. The largest absolute Gasteiger partial charge is 0.377 e. The maximum absolute atomic E-state index is 13.4. The summed E-state index contributed by atoms with van der Waals surface area (Å²) in [5.41, 5.74) is 2.92. The minimum atomic E-state index is -3.78. The summed E-state index contributed by atoms with van der Waals surface area (Å²) >= 11 is 1.54. The molecule has 5 rings (SSSR count). The molecule has 1 atom stereocenters. The molecule has 1 aliphatic heterocycles. The van der Waals surface area contributed by atoms with Gasteiger partial charge in [-0.25, -0.2) is 17.8 Å². The average molecular weight is 486 g/mol. The van der Waals surface area contributed by atoms with Crippen LogP contribution in [0.1, 0.15) is 18.5 Å². The number of hydrogen-bond donors (Lipinski definition) is 0. The molecule has 0 N–H and O–H groups in total. The first-order chi connectivity index (χ1) is 16.0. The first-order valence-electron chi connectivity index (χ1n) is 10.9. The molecule has 1 unspecified atom stereocenters. The average Bonchev–Trinajstić information content (AvgIpc) is 3.56. The summed E-state index contributed by atoms with van der Waals surface area (Å²) in [4.78, 5) is 5.67. The van der Waals surface area contributed by atoms with E-state index in [9.17, 15) is 12.8 Å². The zero-order valence-corrected chi connectivity index (χ0v) is 19.6. The summed E-state index contributed by atoms with van der Waals surface area (Å²) in [6.07, 6.45) is 4.16. The zero-order chi connectivity index (χ0) is 22.8. The van der Waals surface area contributed by atoms with Crippen molar-refractivity contribution in [3.05, 3.63) is 77.7 Å². The summed E-state index contributed by atoms with van der Waals surface area (Å²) in [7, 11) is -3.78. The highest BCUT2D eigenvalue weighted by atomic mass is 32.2. The number of thiazole rings is 1. The fourth-order valence-corrected chi connectivity index (χ4v) is 6.46. The fourth-order valence-electron chi connectivity index (χ4n) is 4.08. The van der Waals surface area contributed by atoms with Crippen molar-refractivity contribution in [3.8, 4) is 11.3 Å². The number of fused-ring (bicyclic) bond motifs is 1. The number of benzene rings is 2. The minimum absolute atomic E-state index is 0.0892. The molecule has 2 aromatic carbocycles. The SMILES string of the molecule is O=S(=O)(c1ccc(F)cc1)N(CCc1csc2nc(-c3ccccc3)cn12)CC1CCCO1. The second kappa shape index (κ2) is 9.34. The van der Waals surface area contributed by atoms with Crippen LogP contribution in [0.2, 0.25) is 0 Å². The molecule has 0 aliphatic carbocycles. The Balaban J connectivity index is 1.39. The Morgan fingerprint density at radius 2 is 1.94 bits per heavy atom. The van der Waals surface area contributed by atoms with Gasteiger partial charge in [0, 0.05) is 49.0 Å². The van der Waals surface area contributed by atoms with E-state index in [1.807, 2.05) is 46.3 Å². The van der Waals surface area contributed by atoms with E-state index in [0.717, 1.165) is 34.8 Å². The summed E-state index contributed by atoms with van der Waals surface area (Å²) in [5.74, 6) is -0.463. The number of aromatic nitrogens is 2. The van der Waals surface area contributed by atoms with Gasteiger partial charge in [0.15, 0.2) is 4.96 Å². The van der Waals surface area contributed by atoms with Gasteiger partial charge in [-0.2, -0.15) is 4.31 Å². The molecule has 0 bridgehead atoms. The minimum Gasteiger partial charge on any atom is -0.377 e. The molecule has 0 spiro atoms. The molecule has 33 heavy (non-hydrogen) atoms. The van der Waals surface area contributed by atoms with Crippen molar-refractivity contribution >= 4 is 26.3 Å². The van der Waals surface area contributed by atoms with E-state index in [-0.39, 0.29) is 17.5 Å². The van der Waals surface area contributed by atoms with Crippen LogP contribution in [0.15, 0.2) is 71.1 Å². The molecule has 0 radical (unpaired) electrons. The van der Waals surface area contributed by atoms with Crippen LogP contribution in [0.25, 0.3) is 16.2 Å². The molecule has 1 saturated heterocycles. The van der Waals surface area contributed by atoms with Gasteiger partial charge in [-0.3, -0.25) is 4.40 Å². The molecule has 2 aromatic heterocycles. The molecule has 172 valence electrons. The fraction of sp³-hybridized carbons (Fsp3) is 0.292. The molecule has 9 heteroatoms. The lowest BCUT2D eigenvalue weighted by molar-refractivity contribution is 0.0939. The normalized spacial score (nSPS) is 16.7. The lowest BCUT2D eigenvalue weighted by Crippen LogP contribution is -2.38. The smallest absolute Gasteiger partial charge is 0.243 e. The Morgan fingerprint density at radius 3 is 2.67 bits per heavy atom. The highest BCUT2D eigenvalue weighted by molar-refractivity contribution is 7.89. The lowest BCUT2D eigenvalue weighted by Gasteiger charge is -2.25. The van der Waals surface area contributed by atoms with Gasteiger partial charge in [0.25, 0.3) is 0 Å². The number of nitrogens with zero attached hydrogens (tertiary/aromatic N) is 3. The summed E-state index contributed by atoms with van der Waals surface area (Å²) in [6, 6.07) is 15.0. The molecule has 0 saturated carbocycles. The highest BCUT2D eigenvalue weighted by Gasteiger charge is 2.29. The first-order valence-corrected chi connectivity index (χ1v) is 13.2. The topological polar surface area (TPSA) is 63.9 Å². The number of hydrogen-bond acceptors (Lipinski definition) is 5. The van der Waals surface area contributed by atoms with Crippen LogP contribution in [0.4, 0.5) is 4.39 Å². The van der Waals surface area contributed by atoms with Gasteiger partial charge in [-0.15, -0.1) is 11.3 Å². The van der Waals surface area contributed by atoms with E-state index in [4.69, 9.17) is 9.72 Å². The van der Waals surface area contributed by atoms with Crippen LogP contribution in [0.5, 0.6) is 0 Å². The van der Waals surface area contributed by atoms with Crippen LogP contribution < -0.4 is 0 Å². The maximum atomic E-state index is 13.4. The van der Waals surface area contributed by atoms with Crippen molar-refractivity contribution in [1.82, 2.24) is 13.7 Å². The van der Waals surface area contributed by atoms with Gasteiger partial charge in [0.2, 0.25) is 10.0 Å². The molecule has 6 nitrogen and oxygen atoms in total. The zero-order valence-electron chi connectivity index (χ0n) is 17.9. The van der Waals surface area contributed by atoms with E-state index in [2.05, 4.69) is 0 Å². The van der Waals surface area contributed by atoms with Crippen LogP contribution in [0.3, 0.4) is 0 Å². The second-order valence-electron chi connectivity index (χ2n) is 8.07. The molecule has 1 aliphatic rings. The Labute approximate surface area is 196 Å². The van der Waals surface area contributed by atoms with Gasteiger partial charge >= 0.3 is 0 Å². The summed E-state index contributed by atoms with van der Waals surface area (Å²) < 4.78 is 49.3. The quantitative estimate of drug-likeness (QED) is 0.366. The molecular weight excluding hydrogens is 461 g/mol. The van der Waals surface area contributed by atoms with Crippen molar-refractivity contribution in [2.24, 2.45) is 0 Å². The molecule has 3 heterocycles. The van der Waals surface area contributed by atoms with Crippen LogP contribution >= 0.6 is 11.3 Å². The van der Waals surface area contributed by atoms with Crippen LogP contribution in [-0.4, -0.2) is 47.9 Å². The third-order valence-corrected chi connectivity index (χ3v) is 8.62. The number of halogens is 1. The van der Waals surface area contributed by atoms with Crippen molar-refractivity contribution in [2.45, 2.75) is 30.3 Å². The summed E-state index contributed by atoms with van der Waals surface area (Å²) in [5, 5.41) is 2.02. The van der Waals surface area contributed by atoms with E-state index >= 15 is 0 Å². The highest BCUT2D eigenvalue weighted by Crippen LogP contribution is 2.25. The first kappa shape index (κ1) is 22.2. The molecular formula is C24H24FN3O3S2. The Hall–Kier alpha value is -2.59. The number of sulfonamides is 1. The van der Waals surface area contributed by atoms with E-state index in [1.165, 1.54) is 39.9 Å². The lowest BCUT2D eigenvalue weighted by atomic mass is 10.2. The Kier molecular flexibility index (Phi) is 6.29. The van der Waals surface area contributed by atoms with Crippen molar-refractivity contribution in [2.75, 3.05) is 19.7 Å². The Morgan fingerprint density at radius 1 is 1.15 bits per heavy atom. The number of rotatable bonds is 8. The molecule has 0 amide bonds. The standard InChI is InChI=1S/C24H24FN3O3S2/c25-19-8-10-22(11-9-19)33(29,30)27(15-21-7-4-14-31-21)13-12-20-17-32-24-26-23(16-28(20)24)18-5-2-1-3-6-18/h1-3,5-6,8-11,16-17,21H,4,7,12-15H2. The monoisotopic (exact) mass is 485 g/mol.